The Morgan fingerprint density at radius 2 is 0.818 bits per heavy atom. The van der Waals surface area contributed by atoms with E-state index in [1.165, 1.54) is 18.2 Å². The molecular weight excluding hydrogens is 630 g/mol. The molecule has 0 fully saturated rings. The molecule has 0 saturated carbocycles. The van der Waals surface area contributed by atoms with Crippen molar-refractivity contribution in [3.8, 4) is 0 Å². The summed E-state index contributed by atoms with van der Waals surface area (Å²) >= 11 is 0. The first-order chi connectivity index (χ1) is 20.1. The quantitative estimate of drug-likeness (QED) is 0.206. The third-order valence-corrected chi connectivity index (χ3v) is 5.42. The second kappa shape index (κ2) is 12.5. The summed E-state index contributed by atoms with van der Waals surface area (Å²) in [6.07, 6.45) is -20.5. The van der Waals surface area contributed by atoms with Crippen molar-refractivity contribution in [2.45, 2.75) is 37.8 Å². The van der Waals surface area contributed by atoms with Gasteiger partial charge >= 0.3 is 36.8 Å². The molecule has 0 spiro atoms. The summed E-state index contributed by atoms with van der Waals surface area (Å²) in [5.41, 5.74) is -8.02. The zero-order chi connectivity index (χ0) is 33.1. The van der Waals surface area contributed by atoms with Gasteiger partial charge in [0.25, 0.3) is 0 Å². The van der Waals surface area contributed by atoms with Crippen LogP contribution in [0.25, 0.3) is 0 Å². The average molecular weight is 647 g/mol. The minimum atomic E-state index is -5.14. The van der Waals surface area contributed by atoms with Gasteiger partial charge in [0.2, 0.25) is 0 Å². The molecule has 2 aromatic carbocycles. The van der Waals surface area contributed by atoms with Crippen LogP contribution in [0.4, 0.5) is 73.6 Å². The summed E-state index contributed by atoms with van der Waals surface area (Å²) in [4.78, 5) is 28.3. The average Bonchev–Trinajstić information content (AvgIpc) is 2.89. The van der Waals surface area contributed by atoms with Gasteiger partial charge < -0.3 is 21.3 Å². The minimum Gasteiger partial charge on any atom is -0.332 e. The molecule has 0 aliphatic carbocycles. The zero-order valence-electron chi connectivity index (χ0n) is 21.4. The van der Waals surface area contributed by atoms with E-state index in [-0.39, 0.29) is 23.5 Å². The van der Waals surface area contributed by atoms with Gasteiger partial charge in [0.15, 0.2) is 0 Å². The van der Waals surface area contributed by atoms with Crippen LogP contribution in [0.1, 0.15) is 33.6 Å². The predicted molar refractivity (Wildman–Crippen MR) is 129 cm³/mol. The fourth-order valence-electron chi connectivity index (χ4n) is 3.47. The smallest absolute Gasteiger partial charge is 0.332 e. The van der Waals surface area contributed by atoms with Crippen LogP contribution in [0.3, 0.4) is 0 Å². The topological polar surface area (TPSA) is 95.2 Å². The van der Waals surface area contributed by atoms with Gasteiger partial charge in [0, 0.05) is 11.4 Å². The Bertz CT molecular complexity index is 1340. The highest BCUT2D eigenvalue weighted by Gasteiger charge is 2.38. The number of benzene rings is 2. The van der Waals surface area contributed by atoms with E-state index in [4.69, 9.17) is 0 Å². The molecule has 4 amide bonds. The van der Waals surface area contributed by atoms with E-state index < -0.39 is 83.5 Å². The predicted octanol–water partition coefficient (Wildman–Crippen LogP) is 7.80. The number of hydrogen-bond acceptors (Lipinski definition) is 3. The monoisotopic (exact) mass is 647 g/mol. The molecule has 3 rings (SSSR count). The third kappa shape index (κ3) is 9.66. The molecule has 238 valence electrons. The maximum atomic E-state index is 13.0. The van der Waals surface area contributed by atoms with Crippen molar-refractivity contribution >= 4 is 23.4 Å². The molecule has 0 aliphatic rings. The molecule has 1 heterocycles. The highest BCUT2D eigenvalue weighted by molar-refractivity contribution is 5.90. The lowest BCUT2D eigenvalue weighted by Gasteiger charge is -2.15. The number of nitrogens with one attached hydrogen (secondary N) is 4. The largest absolute Gasteiger partial charge is 0.416 e. The van der Waals surface area contributed by atoms with Crippen LogP contribution in [0.2, 0.25) is 0 Å². The lowest BCUT2D eigenvalue weighted by Crippen LogP contribution is -2.30. The number of carbonyl (C=O) groups excluding carboxylic acids is 2. The number of amides is 4. The van der Waals surface area contributed by atoms with Gasteiger partial charge in [0.1, 0.15) is 0 Å². The van der Waals surface area contributed by atoms with Crippen LogP contribution in [0, 0.1) is 0 Å². The zero-order valence-corrected chi connectivity index (χ0v) is 21.4. The van der Waals surface area contributed by atoms with Crippen molar-refractivity contribution in [2.24, 2.45) is 0 Å². The number of hydrogen-bond donors (Lipinski definition) is 4. The minimum absolute atomic E-state index is 0.0904. The Balaban J connectivity index is 1.61. The Kier molecular flexibility index (Phi) is 9.59. The lowest BCUT2D eigenvalue weighted by molar-refractivity contribution is -0.144. The maximum absolute atomic E-state index is 13.0. The first-order valence-corrected chi connectivity index (χ1v) is 11.7. The number of pyridine rings is 1. The Hall–Kier alpha value is -4.71. The van der Waals surface area contributed by atoms with E-state index in [2.05, 4.69) is 15.6 Å². The van der Waals surface area contributed by atoms with Crippen LogP contribution in [-0.2, 0) is 37.8 Å². The molecule has 44 heavy (non-hydrogen) atoms. The van der Waals surface area contributed by atoms with Crippen molar-refractivity contribution in [2.75, 3.05) is 10.6 Å². The maximum Gasteiger partial charge on any atom is 0.416 e. The van der Waals surface area contributed by atoms with E-state index in [0.29, 0.717) is 24.3 Å². The van der Waals surface area contributed by atoms with Crippen molar-refractivity contribution < 1.29 is 62.3 Å². The van der Waals surface area contributed by atoms with Gasteiger partial charge in [-0.25, -0.2) is 9.59 Å². The van der Waals surface area contributed by atoms with Crippen molar-refractivity contribution in [1.29, 1.82) is 0 Å². The molecule has 0 saturated heterocycles. The van der Waals surface area contributed by atoms with Crippen LogP contribution in [-0.4, -0.2) is 17.0 Å². The highest BCUT2D eigenvalue weighted by atomic mass is 19.4. The van der Waals surface area contributed by atoms with E-state index in [1.807, 2.05) is 10.6 Å². The van der Waals surface area contributed by atoms with Crippen LogP contribution in [0.5, 0.6) is 0 Å². The van der Waals surface area contributed by atoms with Gasteiger partial charge in [-0.1, -0.05) is 6.07 Å². The summed E-state index contributed by atoms with van der Waals surface area (Å²) in [7, 11) is 0. The van der Waals surface area contributed by atoms with Crippen LogP contribution >= 0.6 is 0 Å². The third-order valence-electron chi connectivity index (χ3n) is 5.42. The summed E-state index contributed by atoms with van der Waals surface area (Å²) in [5, 5.41) is 8.04. The number of halogens is 12. The number of anilines is 2. The first kappa shape index (κ1) is 33.8. The molecule has 0 atom stereocenters. The molecule has 0 aliphatic heterocycles. The molecule has 19 heteroatoms. The second-order valence-electron chi connectivity index (χ2n) is 8.82. The van der Waals surface area contributed by atoms with Gasteiger partial charge in [-0.15, -0.1) is 0 Å². The Labute approximate surface area is 238 Å². The molecule has 4 N–H and O–H groups in total. The van der Waals surface area contributed by atoms with Gasteiger partial charge in [0.05, 0.1) is 46.7 Å². The first-order valence-electron chi connectivity index (χ1n) is 11.7. The molecule has 0 unspecified atom stereocenters. The van der Waals surface area contributed by atoms with Crippen molar-refractivity contribution in [3.63, 3.8) is 0 Å². The summed E-state index contributed by atoms with van der Waals surface area (Å²) in [6, 6.07) is 2.64. The summed E-state index contributed by atoms with van der Waals surface area (Å²) in [6.45, 7) is -0.803. The molecule has 0 radical (unpaired) electrons. The summed E-state index contributed by atoms with van der Waals surface area (Å²) in [5.74, 6) is 0. The molecule has 3 aromatic rings. The number of urea groups is 2. The Morgan fingerprint density at radius 1 is 0.523 bits per heavy atom. The van der Waals surface area contributed by atoms with Crippen LogP contribution in [0.15, 0.2) is 54.6 Å². The lowest BCUT2D eigenvalue weighted by atomic mass is 10.1. The highest BCUT2D eigenvalue weighted by Crippen LogP contribution is 2.38. The van der Waals surface area contributed by atoms with Crippen molar-refractivity contribution in [3.05, 3.63) is 88.2 Å². The van der Waals surface area contributed by atoms with E-state index >= 15 is 0 Å². The second-order valence-corrected chi connectivity index (χ2v) is 8.82. The fourth-order valence-corrected chi connectivity index (χ4v) is 3.47. The number of rotatable bonds is 6. The number of carbonyl (C=O) groups is 2. The normalized spacial score (nSPS) is 12.5. The number of alkyl halides is 12. The Morgan fingerprint density at radius 3 is 1.09 bits per heavy atom. The fraction of sp³-hybridized carbons (Fsp3) is 0.240. The molecule has 0 bridgehead atoms. The number of aromatic nitrogens is 1. The summed E-state index contributed by atoms with van der Waals surface area (Å²) < 4.78 is 156. The van der Waals surface area contributed by atoms with Crippen molar-refractivity contribution in [1.82, 2.24) is 15.6 Å². The van der Waals surface area contributed by atoms with E-state index in [0.717, 1.165) is 0 Å². The van der Waals surface area contributed by atoms with Gasteiger partial charge in [-0.2, -0.15) is 52.7 Å². The molecule has 7 nitrogen and oxygen atoms in total. The van der Waals surface area contributed by atoms with Crippen LogP contribution < -0.4 is 21.3 Å². The van der Waals surface area contributed by atoms with E-state index in [9.17, 15) is 62.3 Å². The van der Waals surface area contributed by atoms with E-state index in [1.54, 1.807) is 0 Å². The molecular formula is C25H17F12N5O2. The van der Waals surface area contributed by atoms with Gasteiger partial charge in [-0.05, 0) is 48.5 Å². The van der Waals surface area contributed by atoms with Gasteiger partial charge in [-0.3, -0.25) is 4.98 Å². The molecule has 1 aromatic heterocycles. The number of nitrogens with zero attached hydrogens (tertiary/aromatic N) is 1. The standard InChI is InChI=1S/C25H17F12N5O2/c26-22(27,28)12-4-13(23(29,30)31)7-18(6-12)41-20(43)38-10-16-2-1-3-17(40-16)11-39-21(44)42-19-8-14(24(32,33)34)5-15(9-19)25(35,36)37/h1-9H,10-11H2,(H2,38,41,43)(H2,39,42,44). The SMILES string of the molecule is O=C(NCc1cccc(CNC(=O)Nc2cc(C(F)(F)F)cc(C(F)(F)F)c2)n1)Nc1cc(C(F)(F)F)cc(C(F)(F)F)c1.